The highest BCUT2D eigenvalue weighted by molar-refractivity contribution is 5.67. The predicted molar refractivity (Wildman–Crippen MR) is 75.1 cm³/mol. The molecule has 0 aromatic carbocycles. The third-order valence-electron chi connectivity index (χ3n) is 2.68. The molecule has 7 nitrogen and oxygen atoms in total. The van der Waals surface area contributed by atoms with Gasteiger partial charge in [-0.2, -0.15) is 5.06 Å². The van der Waals surface area contributed by atoms with Gasteiger partial charge in [-0.1, -0.05) is 0 Å². The third-order valence-corrected chi connectivity index (χ3v) is 2.68. The molecule has 1 unspecified atom stereocenters. The normalized spacial score (nSPS) is 12.7. The van der Waals surface area contributed by atoms with Crippen LogP contribution < -0.4 is 4.74 Å². The highest BCUT2D eigenvalue weighted by Crippen LogP contribution is 2.30. The largest absolute Gasteiger partial charge is 0.481 e. The summed E-state index contributed by atoms with van der Waals surface area (Å²) in [5.41, 5.74) is -0.684. The first-order valence-corrected chi connectivity index (χ1v) is 6.71. The average molecular weight is 316 g/mol. The van der Waals surface area contributed by atoms with Crippen LogP contribution in [-0.4, -0.2) is 45.8 Å². The van der Waals surface area contributed by atoms with E-state index >= 15 is 0 Å². The van der Waals surface area contributed by atoms with Crippen LogP contribution in [0.4, 0.5) is 9.18 Å². The van der Waals surface area contributed by atoms with Gasteiger partial charge in [-0.25, -0.2) is 14.2 Å². The molecule has 1 atom stereocenters. The van der Waals surface area contributed by atoms with Crippen molar-refractivity contribution in [1.82, 2.24) is 10.0 Å². The molecule has 0 radical (unpaired) electrons. The second kappa shape index (κ2) is 7.37. The Morgan fingerprint density at radius 2 is 2.14 bits per heavy atom. The first-order valence-electron chi connectivity index (χ1n) is 6.71. The molecule has 0 saturated heterocycles. The number of aromatic nitrogens is 1. The van der Waals surface area contributed by atoms with Gasteiger partial charge in [0.15, 0.2) is 0 Å². The van der Waals surface area contributed by atoms with Gasteiger partial charge in [0.05, 0.1) is 19.3 Å². The maximum absolute atomic E-state index is 13.4. The first-order chi connectivity index (χ1) is 10.2. The number of hydrogen-bond acceptors (Lipinski definition) is 6. The summed E-state index contributed by atoms with van der Waals surface area (Å²) in [6.45, 7) is 4.59. The minimum Gasteiger partial charge on any atom is -0.481 e. The van der Waals surface area contributed by atoms with Gasteiger partial charge in [0, 0.05) is 12.2 Å². The van der Waals surface area contributed by atoms with Gasteiger partial charge >= 0.3 is 6.09 Å². The number of aliphatic hydroxyl groups is 1. The number of amides is 1. The van der Waals surface area contributed by atoms with Crippen molar-refractivity contribution in [3.63, 3.8) is 0 Å². The molecule has 1 aromatic rings. The van der Waals surface area contributed by atoms with Gasteiger partial charge in [-0.3, -0.25) is 5.21 Å². The molecule has 124 valence electrons. The minimum atomic E-state index is -1.06. The Labute approximate surface area is 128 Å². The van der Waals surface area contributed by atoms with E-state index in [0.717, 1.165) is 12.3 Å². The number of hydroxylamine groups is 2. The lowest BCUT2D eigenvalue weighted by Crippen LogP contribution is -2.37. The average Bonchev–Trinajstić information content (AvgIpc) is 2.42. The second-order valence-electron chi connectivity index (χ2n) is 5.61. The van der Waals surface area contributed by atoms with E-state index in [2.05, 4.69) is 4.98 Å². The van der Waals surface area contributed by atoms with Crippen molar-refractivity contribution in [2.45, 2.75) is 38.8 Å². The highest BCUT2D eigenvalue weighted by Gasteiger charge is 2.30. The number of nitrogens with zero attached hydrogens (tertiary/aromatic N) is 2. The number of rotatable bonds is 5. The number of pyridine rings is 1. The number of methoxy groups -OCH3 is 1. The molecule has 0 aliphatic rings. The van der Waals surface area contributed by atoms with Crippen LogP contribution in [-0.2, 0) is 4.74 Å². The zero-order valence-electron chi connectivity index (χ0n) is 13.0. The molecule has 1 rings (SSSR count). The Morgan fingerprint density at radius 1 is 1.50 bits per heavy atom. The third kappa shape index (κ3) is 4.81. The Morgan fingerprint density at radius 3 is 2.64 bits per heavy atom. The molecule has 2 N–H and O–H groups in total. The van der Waals surface area contributed by atoms with Crippen LogP contribution in [0.5, 0.6) is 5.88 Å². The Kier molecular flexibility index (Phi) is 6.07. The van der Waals surface area contributed by atoms with Crippen LogP contribution in [0, 0.1) is 5.82 Å². The molecule has 1 amide bonds. The van der Waals surface area contributed by atoms with Crippen molar-refractivity contribution >= 4 is 6.09 Å². The summed E-state index contributed by atoms with van der Waals surface area (Å²) < 4.78 is 23.5. The molecule has 0 spiro atoms. The fourth-order valence-corrected chi connectivity index (χ4v) is 1.82. The van der Waals surface area contributed by atoms with Crippen molar-refractivity contribution < 1.29 is 29.0 Å². The van der Waals surface area contributed by atoms with Crippen molar-refractivity contribution in [2.75, 3.05) is 13.7 Å². The van der Waals surface area contributed by atoms with Gasteiger partial charge in [-0.15, -0.1) is 0 Å². The van der Waals surface area contributed by atoms with Gasteiger partial charge < -0.3 is 14.6 Å². The summed E-state index contributed by atoms with van der Waals surface area (Å²) in [5.74, 6) is -0.612. The van der Waals surface area contributed by atoms with E-state index in [4.69, 9.17) is 14.6 Å². The van der Waals surface area contributed by atoms with E-state index in [9.17, 15) is 14.4 Å². The number of carbonyl (C=O) groups is 1. The molecule has 8 heteroatoms. The van der Waals surface area contributed by atoms with Crippen molar-refractivity contribution in [3.8, 4) is 5.88 Å². The molecule has 0 aliphatic carbocycles. The van der Waals surface area contributed by atoms with Crippen molar-refractivity contribution in [2.24, 2.45) is 0 Å². The first kappa shape index (κ1) is 18.1. The molecule has 22 heavy (non-hydrogen) atoms. The molecular weight excluding hydrogens is 295 g/mol. The second-order valence-corrected chi connectivity index (χ2v) is 5.61. The lowest BCUT2D eigenvalue weighted by atomic mass is 10.1. The molecule has 1 aromatic heterocycles. The summed E-state index contributed by atoms with van der Waals surface area (Å²) in [4.78, 5) is 15.7. The van der Waals surface area contributed by atoms with Crippen LogP contribution in [0.15, 0.2) is 12.3 Å². The van der Waals surface area contributed by atoms with Crippen molar-refractivity contribution in [3.05, 3.63) is 23.6 Å². The Hall–Kier alpha value is -1.93. The van der Waals surface area contributed by atoms with Gasteiger partial charge in [0.2, 0.25) is 5.88 Å². The topological polar surface area (TPSA) is 92.1 Å². The van der Waals surface area contributed by atoms with Gasteiger partial charge in [0.1, 0.15) is 11.4 Å². The standard InChI is InChI=1S/C14H21FN2O5/c1-14(2,3)22-13(19)17(20)11(5-6-18)10-7-9(15)8-16-12(10)21-4/h7-8,11,18,20H,5-6H2,1-4H3. The number of halogens is 1. The van der Waals surface area contributed by atoms with Crippen molar-refractivity contribution in [1.29, 1.82) is 0 Å². The quantitative estimate of drug-likeness (QED) is 0.639. The van der Waals surface area contributed by atoms with Gasteiger partial charge in [-0.05, 0) is 33.3 Å². The van der Waals surface area contributed by atoms with E-state index in [-0.39, 0.29) is 24.5 Å². The monoisotopic (exact) mass is 316 g/mol. The maximum Gasteiger partial charge on any atom is 0.434 e. The van der Waals surface area contributed by atoms with Gasteiger partial charge in [0.25, 0.3) is 0 Å². The van der Waals surface area contributed by atoms with Crippen LogP contribution in [0.2, 0.25) is 0 Å². The Balaban J connectivity index is 3.12. The fourth-order valence-electron chi connectivity index (χ4n) is 1.82. The molecule has 0 bridgehead atoms. The van der Waals surface area contributed by atoms with E-state index in [1.54, 1.807) is 20.8 Å². The molecule has 0 saturated carbocycles. The van der Waals surface area contributed by atoms with E-state index in [1.807, 2.05) is 0 Å². The lowest BCUT2D eigenvalue weighted by molar-refractivity contribution is -0.125. The molecule has 1 heterocycles. The molecular formula is C14H21FN2O5. The zero-order valence-corrected chi connectivity index (χ0v) is 13.0. The van der Waals surface area contributed by atoms with Crippen LogP contribution in [0.25, 0.3) is 0 Å². The number of carbonyl (C=O) groups excluding carboxylic acids is 1. The maximum atomic E-state index is 13.4. The van der Waals surface area contributed by atoms with E-state index in [0.29, 0.717) is 5.06 Å². The summed E-state index contributed by atoms with van der Waals surface area (Å²) in [7, 11) is 1.33. The predicted octanol–water partition coefficient (Wildman–Crippen LogP) is 2.28. The Bertz CT molecular complexity index is 518. The number of ether oxygens (including phenoxy) is 2. The number of hydrogen-bond donors (Lipinski definition) is 2. The fraction of sp³-hybridized carbons (Fsp3) is 0.571. The van der Waals surface area contributed by atoms with E-state index < -0.39 is 23.6 Å². The number of aliphatic hydroxyl groups excluding tert-OH is 1. The molecule has 0 aliphatic heterocycles. The van der Waals surface area contributed by atoms with Crippen LogP contribution >= 0.6 is 0 Å². The smallest absolute Gasteiger partial charge is 0.434 e. The lowest BCUT2D eigenvalue weighted by Gasteiger charge is -2.29. The summed E-state index contributed by atoms with van der Waals surface area (Å²) in [6, 6.07) is 0.0257. The minimum absolute atomic E-state index is 0.0439. The van der Waals surface area contributed by atoms with Crippen LogP contribution in [0.1, 0.15) is 38.8 Å². The highest BCUT2D eigenvalue weighted by atomic mass is 19.1. The zero-order chi connectivity index (χ0) is 16.9. The molecule has 0 fully saturated rings. The summed E-state index contributed by atoms with van der Waals surface area (Å²) in [6.07, 6.45) is -0.109. The van der Waals surface area contributed by atoms with Crippen LogP contribution in [0.3, 0.4) is 0 Å². The SMILES string of the molecule is COc1ncc(F)cc1C(CCO)N(O)C(=O)OC(C)(C)C. The van der Waals surface area contributed by atoms with E-state index in [1.165, 1.54) is 7.11 Å². The summed E-state index contributed by atoms with van der Waals surface area (Å²) in [5, 5.41) is 19.5. The summed E-state index contributed by atoms with van der Waals surface area (Å²) >= 11 is 0.